The van der Waals surface area contributed by atoms with Gasteiger partial charge in [-0.15, -0.1) is 24.0 Å². The number of hydrogen-bond donors (Lipinski definition) is 2. The van der Waals surface area contributed by atoms with E-state index in [9.17, 15) is 13.6 Å². The quantitative estimate of drug-likeness (QED) is 0.243. The fraction of sp³-hybridized carbons (Fsp3) is 0.619. The van der Waals surface area contributed by atoms with Crippen molar-refractivity contribution >= 4 is 35.8 Å². The number of ether oxygens (including phenoxy) is 1. The Hall–Kier alpha value is -1.65. The van der Waals surface area contributed by atoms with E-state index < -0.39 is 11.6 Å². The highest BCUT2D eigenvalue weighted by molar-refractivity contribution is 14.0. The summed E-state index contributed by atoms with van der Waals surface area (Å²) < 4.78 is 31.6. The molecule has 1 aliphatic heterocycles. The predicted octanol–water partition coefficient (Wildman–Crippen LogP) is 3.31. The number of hydrogen-bond acceptors (Lipinski definition) is 3. The average molecular weight is 536 g/mol. The summed E-state index contributed by atoms with van der Waals surface area (Å²) in [5.41, 5.74) is 0. The Balaban J connectivity index is 0.00000320. The van der Waals surface area contributed by atoms with Gasteiger partial charge in [0.05, 0.1) is 6.54 Å². The molecule has 0 radical (unpaired) electrons. The molecule has 1 aromatic carbocycles. The van der Waals surface area contributed by atoms with Crippen LogP contribution in [0, 0.1) is 17.6 Å². The van der Waals surface area contributed by atoms with Gasteiger partial charge in [0.2, 0.25) is 5.91 Å². The highest BCUT2D eigenvalue weighted by atomic mass is 127. The first-order chi connectivity index (χ1) is 14.1. The molecule has 0 bridgehead atoms. The molecule has 168 valence electrons. The zero-order chi connectivity index (χ0) is 20.6. The number of benzene rings is 1. The molecule has 0 spiro atoms. The smallest absolute Gasteiger partial charge is 0.225 e. The molecule has 1 heterocycles. The number of guanidine groups is 1. The highest BCUT2D eigenvalue weighted by Gasteiger charge is 2.32. The number of aliphatic imine (C=N–C) groups is 1. The third-order valence-corrected chi connectivity index (χ3v) is 5.41. The van der Waals surface area contributed by atoms with Crippen LogP contribution in [0.25, 0.3) is 0 Å². The van der Waals surface area contributed by atoms with Crippen molar-refractivity contribution in [2.24, 2.45) is 10.9 Å². The topological polar surface area (TPSA) is 66.0 Å². The molecule has 9 heteroatoms. The van der Waals surface area contributed by atoms with E-state index in [4.69, 9.17) is 4.74 Å². The van der Waals surface area contributed by atoms with Crippen molar-refractivity contribution in [3.05, 3.63) is 29.8 Å². The SMILES string of the molecule is CCNC(=NCCOc1ccc(F)c(F)c1)NC1CCN(C(=O)C2CCCC2)C1.I. The van der Waals surface area contributed by atoms with Gasteiger partial charge in [-0.25, -0.2) is 13.8 Å². The van der Waals surface area contributed by atoms with E-state index >= 15 is 0 Å². The number of rotatable bonds is 7. The monoisotopic (exact) mass is 536 g/mol. The summed E-state index contributed by atoms with van der Waals surface area (Å²) >= 11 is 0. The molecule has 1 aliphatic carbocycles. The summed E-state index contributed by atoms with van der Waals surface area (Å²) in [5, 5.41) is 6.58. The zero-order valence-corrected chi connectivity index (χ0v) is 19.7. The fourth-order valence-electron chi connectivity index (χ4n) is 3.91. The number of likely N-dealkylation sites (tertiary alicyclic amines) is 1. The van der Waals surface area contributed by atoms with Gasteiger partial charge < -0.3 is 20.3 Å². The third-order valence-electron chi connectivity index (χ3n) is 5.41. The number of nitrogens with zero attached hydrogens (tertiary/aromatic N) is 2. The molecule has 30 heavy (non-hydrogen) atoms. The maximum Gasteiger partial charge on any atom is 0.225 e. The van der Waals surface area contributed by atoms with Crippen LogP contribution in [0.2, 0.25) is 0 Å². The van der Waals surface area contributed by atoms with E-state index in [1.807, 2.05) is 11.8 Å². The average Bonchev–Trinajstić information content (AvgIpc) is 3.40. The molecule has 1 saturated carbocycles. The van der Waals surface area contributed by atoms with Crippen LogP contribution in [-0.4, -0.2) is 55.6 Å². The highest BCUT2D eigenvalue weighted by Crippen LogP contribution is 2.27. The van der Waals surface area contributed by atoms with E-state index in [0.29, 0.717) is 31.5 Å². The molecule has 1 unspecified atom stereocenters. The van der Waals surface area contributed by atoms with E-state index in [1.54, 1.807) is 0 Å². The van der Waals surface area contributed by atoms with Gasteiger partial charge in [-0.05, 0) is 38.3 Å². The van der Waals surface area contributed by atoms with Crippen molar-refractivity contribution in [1.82, 2.24) is 15.5 Å². The maximum absolute atomic E-state index is 13.2. The lowest BCUT2D eigenvalue weighted by molar-refractivity contribution is -0.134. The first-order valence-electron chi connectivity index (χ1n) is 10.5. The second-order valence-electron chi connectivity index (χ2n) is 7.58. The molecular formula is C21H31F2IN4O2. The number of carbonyl (C=O) groups is 1. The lowest BCUT2D eigenvalue weighted by atomic mass is 10.1. The van der Waals surface area contributed by atoms with Crippen LogP contribution >= 0.6 is 24.0 Å². The molecular weight excluding hydrogens is 505 g/mol. The molecule has 2 fully saturated rings. The van der Waals surface area contributed by atoms with Crippen LogP contribution in [0.1, 0.15) is 39.0 Å². The van der Waals surface area contributed by atoms with Crippen molar-refractivity contribution in [2.45, 2.75) is 45.1 Å². The molecule has 3 rings (SSSR count). The minimum atomic E-state index is -0.932. The van der Waals surface area contributed by atoms with Crippen molar-refractivity contribution in [1.29, 1.82) is 0 Å². The van der Waals surface area contributed by atoms with Gasteiger partial charge in [-0.2, -0.15) is 0 Å². The molecule has 1 atom stereocenters. The Morgan fingerprint density at radius 2 is 2.00 bits per heavy atom. The fourth-order valence-corrected chi connectivity index (χ4v) is 3.91. The number of carbonyl (C=O) groups excluding carboxylic acids is 1. The van der Waals surface area contributed by atoms with Crippen molar-refractivity contribution < 1.29 is 18.3 Å². The van der Waals surface area contributed by atoms with Crippen LogP contribution in [0.15, 0.2) is 23.2 Å². The van der Waals surface area contributed by atoms with Crippen LogP contribution in [0.3, 0.4) is 0 Å². The molecule has 1 aromatic rings. The van der Waals surface area contributed by atoms with Crippen molar-refractivity contribution in [3.63, 3.8) is 0 Å². The van der Waals surface area contributed by atoms with E-state index in [-0.39, 0.29) is 48.3 Å². The van der Waals surface area contributed by atoms with Crippen LogP contribution < -0.4 is 15.4 Å². The van der Waals surface area contributed by atoms with Gasteiger partial charge in [0.25, 0.3) is 0 Å². The van der Waals surface area contributed by atoms with Crippen LogP contribution in [0.5, 0.6) is 5.75 Å². The Kier molecular flexibility index (Phi) is 10.1. The summed E-state index contributed by atoms with van der Waals surface area (Å²) in [5.74, 6) is -0.377. The van der Waals surface area contributed by atoms with Gasteiger partial charge >= 0.3 is 0 Å². The van der Waals surface area contributed by atoms with Crippen LogP contribution in [-0.2, 0) is 4.79 Å². The minimum absolute atomic E-state index is 0. The predicted molar refractivity (Wildman–Crippen MR) is 123 cm³/mol. The third kappa shape index (κ3) is 6.95. The van der Waals surface area contributed by atoms with Crippen molar-refractivity contribution in [2.75, 3.05) is 32.8 Å². The maximum atomic E-state index is 13.2. The second kappa shape index (κ2) is 12.3. The summed E-state index contributed by atoms with van der Waals surface area (Å²) in [6.07, 6.45) is 5.27. The molecule has 2 N–H and O–H groups in total. The van der Waals surface area contributed by atoms with Gasteiger partial charge in [-0.3, -0.25) is 4.79 Å². The normalized spacial score (nSPS) is 19.5. The standard InChI is InChI=1S/C21H30F2N4O2.HI/c1-2-24-21(25-10-12-29-17-7-8-18(22)19(23)13-17)26-16-9-11-27(14-16)20(28)15-5-3-4-6-15;/h7-8,13,15-16H,2-6,9-12,14H2,1H3,(H2,24,25,26);1H. The molecule has 2 aliphatic rings. The molecule has 1 amide bonds. The Bertz CT molecular complexity index is 729. The van der Waals surface area contributed by atoms with Gasteiger partial charge in [0.15, 0.2) is 17.6 Å². The van der Waals surface area contributed by atoms with Crippen LogP contribution in [0.4, 0.5) is 8.78 Å². The minimum Gasteiger partial charge on any atom is -0.492 e. The van der Waals surface area contributed by atoms with Gasteiger partial charge in [0, 0.05) is 37.7 Å². The summed E-state index contributed by atoms with van der Waals surface area (Å²) in [6.45, 7) is 4.80. The van der Waals surface area contributed by atoms with Crippen molar-refractivity contribution in [3.8, 4) is 5.75 Å². The van der Waals surface area contributed by atoms with Gasteiger partial charge in [-0.1, -0.05) is 12.8 Å². The van der Waals surface area contributed by atoms with E-state index in [2.05, 4.69) is 15.6 Å². The largest absolute Gasteiger partial charge is 0.492 e. The summed E-state index contributed by atoms with van der Waals surface area (Å²) in [4.78, 5) is 19.0. The van der Waals surface area contributed by atoms with E-state index in [0.717, 1.165) is 50.8 Å². The zero-order valence-electron chi connectivity index (χ0n) is 17.3. The number of halogens is 3. The summed E-state index contributed by atoms with van der Waals surface area (Å²) in [6, 6.07) is 3.63. The molecule has 0 aromatic heterocycles. The first kappa shape index (κ1) is 24.6. The molecule has 1 saturated heterocycles. The Morgan fingerprint density at radius 3 is 2.70 bits per heavy atom. The second-order valence-corrected chi connectivity index (χ2v) is 7.58. The first-order valence-corrected chi connectivity index (χ1v) is 10.5. The molecule has 6 nitrogen and oxygen atoms in total. The number of nitrogens with one attached hydrogen (secondary N) is 2. The summed E-state index contributed by atoms with van der Waals surface area (Å²) in [7, 11) is 0. The Morgan fingerprint density at radius 1 is 1.23 bits per heavy atom. The number of amides is 1. The Labute approximate surface area is 193 Å². The van der Waals surface area contributed by atoms with Gasteiger partial charge in [0.1, 0.15) is 12.4 Å². The lowest BCUT2D eigenvalue weighted by Crippen LogP contribution is -2.45. The lowest BCUT2D eigenvalue weighted by Gasteiger charge is -2.21. The van der Waals surface area contributed by atoms with E-state index in [1.165, 1.54) is 6.07 Å².